The number of amides is 1. The number of para-hydroxylation sites is 1. The number of hydrogen-bond donors (Lipinski definition) is 1. The Balaban J connectivity index is 1.81. The van der Waals surface area contributed by atoms with E-state index in [1.807, 2.05) is 69.3 Å². The van der Waals surface area contributed by atoms with Crippen LogP contribution in [0.25, 0.3) is 0 Å². The van der Waals surface area contributed by atoms with E-state index in [0.29, 0.717) is 24.5 Å². The van der Waals surface area contributed by atoms with Crippen molar-refractivity contribution in [3.8, 4) is 11.5 Å². The Kier molecular flexibility index (Phi) is 6.94. The smallest absolute Gasteiger partial charge is 0.255 e. The predicted octanol–water partition coefficient (Wildman–Crippen LogP) is 6.30. The zero-order chi connectivity index (χ0) is 20.8. The number of rotatable bonds is 7. The minimum Gasteiger partial charge on any atom is -0.493 e. The van der Waals surface area contributed by atoms with Gasteiger partial charge in [-0.2, -0.15) is 0 Å². The van der Waals surface area contributed by atoms with Crippen LogP contribution in [-0.4, -0.2) is 12.5 Å². The summed E-state index contributed by atoms with van der Waals surface area (Å²) in [5.74, 6) is 1.33. The quantitative estimate of drug-likeness (QED) is 0.456. The summed E-state index contributed by atoms with van der Waals surface area (Å²) in [6, 6.07) is 19.0. The maximum Gasteiger partial charge on any atom is 0.255 e. The molecule has 0 aliphatic heterocycles. The van der Waals surface area contributed by atoms with E-state index in [0.717, 1.165) is 32.6 Å². The van der Waals surface area contributed by atoms with Gasteiger partial charge in [0.05, 0.1) is 12.3 Å². The molecule has 0 heterocycles. The Morgan fingerprint density at radius 1 is 0.966 bits per heavy atom. The molecule has 0 unspecified atom stereocenters. The highest BCUT2D eigenvalue weighted by Gasteiger charge is 2.13. The Bertz CT molecular complexity index is 997. The molecule has 1 N–H and O–H groups in total. The van der Waals surface area contributed by atoms with E-state index < -0.39 is 0 Å². The van der Waals surface area contributed by atoms with Crippen LogP contribution < -0.4 is 14.8 Å². The van der Waals surface area contributed by atoms with Gasteiger partial charge >= 0.3 is 0 Å². The van der Waals surface area contributed by atoms with Gasteiger partial charge < -0.3 is 14.8 Å². The first-order valence-electron chi connectivity index (χ1n) is 9.49. The normalized spacial score (nSPS) is 10.5. The molecule has 0 fully saturated rings. The third kappa shape index (κ3) is 5.61. The van der Waals surface area contributed by atoms with Gasteiger partial charge in [0.2, 0.25) is 0 Å². The summed E-state index contributed by atoms with van der Waals surface area (Å²) in [5.41, 5.74) is 4.38. The van der Waals surface area contributed by atoms with Crippen molar-refractivity contribution in [1.29, 1.82) is 0 Å². The van der Waals surface area contributed by atoms with Crippen molar-refractivity contribution in [2.45, 2.75) is 27.4 Å². The first kappa shape index (κ1) is 20.9. The fourth-order valence-corrected chi connectivity index (χ4v) is 3.45. The second kappa shape index (κ2) is 9.61. The maximum atomic E-state index is 12.7. The Hall–Kier alpha value is -2.79. The van der Waals surface area contributed by atoms with Crippen LogP contribution in [0.2, 0.25) is 0 Å². The highest BCUT2D eigenvalue weighted by molar-refractivity contribution is 9.10. The first-order valence-corrected chi connectivity index (χ1v) is 10.3. The van der Waals surface area contributed by atoms with Crippen molar-refractivity contribution in [1.82, 2.24) is 0 Å². The molecule has 0 radical (unpaired) electrons. The molecule has 29 heavy (non-hydrogen) atoms. The third-order valence-electron chi connectivity index (χ3n) is 4.33. The topological polar surface area (TPSA) is 47.6 Å². The van der Waals surface area contributed by atoms with Crippen LogP contribution in [0.15, 0.2) is 65.1 Å². The lowest BCUT2D eigenvalue weighted by molar-refractivity contribution is 0.102. The molecular weight excluding hydrogens is 430 g/mol. The van der Waals surface area contributed by atoms with Crippen LogP contribution in [0.1, 0.15) is 34.0 Å². The Morgan fingerprint density at radius 3 is 2.38 bits per heavy atom. The molecule has 0 aliphatic rings. The molecular formula is C24H24BrNO3. The minimum atomic E-state index is -0.187. The third-order valence-corrected chi connectivity index (χ3v) is 5.03. The first-order chi connectivity index (χ1) is 14.0. The van der Waals surface area contributed by atoms with Crippen molar-refractivity contribution >= 4 is 27.5 Å². The van der Waals surface area contributed by atoms with Gasteiger partial charge in [0, 0.05) is 15.6 Å². The van der Waals surface area contributed by atoms with Crippen LogP contribution in [0, 0.1) is 13.8 Å². The number of hydrogen-bond acceptors (Lipinski definition) is 3. The van der Waals surface area contributed by atoms with Gasteiger partial charge in [-0.1, -0.05) is 18.2 Å². The lowest BCUT2D eigenvalue weighted by Gasteiger charge is -2.14. The fourth-order valence-electron chi connectivity index (χ4n) is 3.06. The van der Waals surface area contributed by atoms with Gasteiger partial charge in [-0.25, -0.2) is 0 Å². The molecule has 0 bridgehead atoms. The summed E-state index contributed by atoms with van der Waals surface area (Å²) in [5, 5.41) is 2.93. The Morgan fingerprint density at radius 2 is 1.69 bits per heavy atom. The standard InChI is InChI=1S/C24H24BrNO3/c1-4-28-23-10-9-18(24(27)26-22-8-6-5-7-21(22)25)14-19(23)15-29-20-12-16(2)11-17(3)13-20/h5-14H,4,15H2,1-3H3,(H,26,27). The van der Waals surface area contributed by atoms with E-state index >= 15 is 0 Å². The highest BCUT2D eigenvalue weighted by atomic mass is 79.9. The second-order valence-electron chi connectivity index (χ2n) is 6.80. The van der Waals surface area contributed by atoms with Gasteiger partial charge in [0.25, 0.3) is 5.91 Å². The molecule has 3 rings (SSSR count). The van der Waals surface area contributed by atoms with Crippen LogP contribution in [0.5, 0.6) is 11.5 Å². The van der Waals surface area contributed by atoms with Gasteiger partial charge in [-0.3, -0.25) is 4.79 Å². The number of anilines is 1. The zero-order valence-electron chi connectivity index (χ0n) is 16.8. The molecule has 0 aliphatic carbocycles. The van der Waals surface area contributed by atoms with Crippen LogP contribution >= 0.6 is 15.9 Å². The fraction of sp³-hybridized carbons (Fsp3) is 0.208. The van der Waals surface area contributed by atoms with Crippen LogP contribution in [0.3, 0.4) is 0 Å². The molecule has 0 spiro atoms. The summed E-state index contributed by atoms with van der Waals surface area (Å²) in [4.78, 5) is 12.7. The van der Waals surface area contributed by atoms with Crippen molar-refractivity contribution < 1.29 is 14.3 Å². The maximum absolute atomic E-state index is 12.7. The average Bonchev–Trinajstić information content (AvgIpc) is 2.68. The molecule has 5 heteroatoms. The molecule has 0 aromatic heterocycles. The van der Waals surface area contributed by atoms with Crippen LogP contribution in [0.4, 0.5) is 5.69 Å². The van der Waals surface area contributed by atoms with E-state index in [1.165, 1.54) is 0 Å². The molecule has 0 atom stereocenters. The molecule has 150 valence electrons. The number of aryl methyl sites for hydroxylation is 2. The van der Waals surface area contributed by atoms with Gasteiger partial charge in [0.15, 0.2) is 0 Å². The van der Waals surface area contributed by atoms with Crippen LogP contribution in [-0.2, 0) is 6.61 Å². The molecule has 3 aromatic carbocycles. The lowest BCUT2D eigenvalue weighted by Crippen LogP contribution is -2.13. The summed E-state index contributed by atoms with van der Waals surface area (Å²) >= 11 is 3.45. The van der Waals surface area contributed by atoms with E-state index in [4.69, 9.17) is 9.47 Å². The summed E-state index contributed by atoms with van der Waals surface area (Å²) in [6.45, 7) is 6.87. The van der Waals surface area contributed by atoms with Gasteiger partial charge in [0.1, 0.15) is 18.1 Å². The number of benzene rings is 3. The van der Waals surface area contributed by atoms with E-state index in [-0.39, 0.29) is 5.91 Å². The monoisotopic (exact) mass is 453 g/mol. The largest absolute Gasteiger partial charge is 0.493 e. The summed E-state index contributed by atoms with van der Waals surface area (Å²) in [6.07, 6.45) is 0. The minimum absolute atomic E-state index is 0.187. The van der Waals surface area contributed by atoms with Crippen molar-refractivity contribution in [2.24, 2.45) is 0 Å². The molecule has 0 saturated heterocycles. The summed E-state index contributed by atoms with van der Waals surface area (Å²) < 4.78 is 12.6. The van der Waals surface area contributed by atoms with Crippen molar-refractivity contribution in [3.63, 3.8) is 0 Å². The number of carbonyl (C=O) groups excluding carboxylic acids is 1. The zero-order valence-corrected chi connectivity index (χ0v) is 18.4. The number of ether oxygens (including phenoxy) is 2. The average molecular weight is 454 g/mol. The molecule has 1 amide bonds. The number of halogens is 1. The van der Waals surface area contributed by atoms with Crippen molar-refractivity contribution in [3.05, 3.63) is 87.4 Å². The van der Waals surface area contributed by atoms with E-state index in [2.05, 4.69) is 27.3 Å². The Labute approximate surface area is 180 Å². The van der Waals surface area contributed by atoms with E-state index in [9.17, 15) is 4.79 Å². The second-order valence-corrected chi connectivity index (χ2v) is 7.66. The predicted molar refractivity (Wildman–Crippen MR) is 120 cm³/mol. The lowest BCUT2D eigenvalue weighted by atomic mass is 10.1. The summed E-state index contributed by atoms with van der Waals surface area (Å²) in [7, 11) is 0. The SMILES string of the molecule is CCOc1ccc(C(=O)Nc2ccccc2Br)cc1COc1cc(C)cc(C)c1. The highest BCUT2D eigenvalue weighted by Crippen LogP contribution is 2.26. The number of nitrogens with one attached hydrogen (secondary N) is 1. The number of carbonyl (C=O) groups is 1. The molecule has 0 saturated carbocycles. The van der Waals surface area contributed by atoms with Crippen molar-refractivity contribution in [2.75, 3.05) is 11.9 Å². The van der Waals surface area contributed by atoms with Gasteiger partial charge in [-0.15, -0.1) is 0 Å². The van der Waals surface area contributed by atoms with Gasteiger partial charge in [-0.05, 0) is 90.3 Å². The van der Waals surface area contributed by atoms with E-state index in [1.54, 1.807) is 6.07 Å². The molecule has 4 nitrogen and oxygen atoms in total. The molecule has 3 aromatic rings.